The number of hydrogen-bond acceptors (Lipinski definition) is 4. The molecule has 0 spiro atoms. The van der Waals surface area contributed by atoms with E-state index in [-0.39, 0.29) is 0 Å². The molecule has 0 saturated heterocycles. The number of halogens is 1. The third-order valence-corrected chi connectivity index (χ3v) is 3.75. The number of amides is 2. The van der Waals surface area contributed by atoms with E-state index in [9.17, 15) is 14.4 Å². The van der Waals surface area contributed by atoms with Gasteiger partial charge in [0, 0.05) is 11.1 Å². The monoisotopic (exact) mass is 341 g/mol. The molecule has 1 aliphatic heterocycles. The highest BCUT2D eigenvalue weighted by Crippen LogP contribution is 2.22. The van der Waals surface area contributed by atoms with E-state index in [1.807, 2.05) is 0 Å². The number of nitrogens with zero attached hydrogens (tertiary/aromatic N) is 1. The number of imide groups is 1. The van der Waals surface area contributed by atoms with Crippen LogP contribution in [-0.2, 0) is 9.53 Å². The number of hydrogen-bond donors (Lipinski definition) is 0. The Labute approximate surface area is 143 Å². The molecule has 0 N–H and O–H groups in total. The first-order valence-electron chi connectivity index (χ1n) is 7.12. The Morgan fingerprint density at radius 1 is 1.00 bits per heavy atom. The molecule has 1 heterocycles. The van der Waals surface area contributed by atoms with Gasteiger partial charge in [0.2, 0.25) is 0 Å². The zero-order valence-electron chi connectivity index (χ0n) is 12.4. The Hall–Kier alpha value is -2.92. The van der Waals surface area contributed by atoms with Gasteiger partial charge in [-0.2, -0.15) is 0 Å². The van der Waals surface area contributed by atoms with E-state index < -0.39 is 24.5 Å². The van der Waals surface area contributed by atoms with E-state index >= 15 is 0 Å². The molecule has 5 nitrogen and oxygen atoms in total. The highest BCUT2D eigenvalue weighted by atomic mass is 35.5. The second-order valence-electron chi connectivity index (χ2n) is 5.06. The van der Waals surface area contributed by atoms with Crippen molar-refractivity contribution in [3.63, 3.8) is 0 Å². The molecule has 24 heavy (non-hydrogen) atoms. The minimum atomic E-state index is -0.651. The minimum absolute atomic E-state index is 0.315. The number of esters is 1. The molecule has 120 valence electrons. The summed E-state index contributed by atoms with van der Waals surface area (Å²) >= 11 is 5.78. The first-order valence-corrected chi connectivity index (χ1v) is 7.49. The first-order chi connectivity index (χ1) is 11.6. The summed E-state index contributed by atoms with van der Waals surface area (Å²) in [6.45, 7) is -0.420. The zero-order chi connectivity index (χ0) is 17.1. The molecule has 0 radical (unpaired) electrons. The summed E-state index contributed by atoms with van der Waals surface area (Å²) in [5, 5.41) is 0.598. The van der Waals surface area contributed by atoms with Gasteiger partial charge < -0.3 is 4.74 Å². The van der Waals surface area contributed by atoms with Gasteiger partial charge in [-0.3, -0.25) is 9.59 Å². The van der Waals surface area contributed by atoms with Gasteiger partial charge >= 0.3 is 5.97 Å². The number of ether oxygens (including phenoxy) is 1. The maximum atomic E-state index is 12.1. The van der Waals surface area contributed by atoms with Gasteiger partial charge in [0.1, 0.15) is 0 Å². The van der Waals surface area contributed by atoms with E-state index in [1.165, 1.54) is 6.08 Å². The fourth-order valence-corrected chi connectivity index (χ4v) is 2.40. The maximum Gasteiger partial charge on any atom is 0.332 e. The summed E-state index contributed by atoms with van der Waals surface area (Å²) in [7, 11) is 0. The van der Waals surface area contributed by atoms with Crippen LogP contribution in [0.5, 0.6) is 0 Å². The van der Waals surface area contributed by atoms with Gasteiger partial charge in [-0.1, -0.05) is 35.9 Å². The Bertz CT molecular complexity index is 807. The predicted octanol–water partition coefficient (Wildman–Crippen LogP) is 3.15. The van der Waals surface area contributed by atoms with Crippen molar-refractivity contribution in [2.75, 3.05) is 6.73 Å². The Balaban J connectivity index is 1.60. The summed E-state index contributed by atoms with van der Waals surface area (Å²) in [6.07, 6.45) is 2.78. The number of benzene rings is 2. The largest absolute Gasteiger partial charge is 0.441 e. The van der Waals surface area contributed by atoms with Crippen LogP contribution in [0.2, 0.25) is 5.02 Å². The molecule has 3 rings (SSSR count). The third kappa shape index (κ3) is 3.21. The highest BCUT2D eigenvalue weighted by molar-refractivity contribution is 6.30. The second kappa shape index (κ2) is 6.68. The van der Waals surface area contributed by atoms with E-state index in [2.05, 4.69) is 0 Å². The van der Waals surface area contributed by atoms with Crippen LogP contribution in [0.15, 0.2) is 54.6 Å². The zero-order valence-corrected chi connectivity index (χ0v) is 13.2. The van der Waals surface area contributed by atoms with Crippen LogP contribution in [-0.4, -0.2) is 29.4 Å². The number of carbonyl (C=O) groups excluding carboxylic acids is 3. The Morgan fingerprint density at radius 2 is 1.58 bits per heavy atom. The first kappa shape index (κ1) is 16.0. The maximum absolute atomic E-state index is 12.1. The van der Waals surface area contributed by atoms with E-state index in [1.54, 1.807) is 54.6 Å². The molecule has 0 unspecified atom stereocenters. The van der Waals surface area contributed by atoms with Crippen molar-refractivity contribution in [3.8, 4) is 0 Å². The summed E-state index contributed by atoms with van der Waals surface area (Å²) in [5.41, 5.74) is 1.41. The van der Waals surface area contributed by atoms with Crippen LogP contribution in [0.4, 0.5) is 0 Å². The van der Waals surface area contributed by atoms with Crippen LogP contribution in [0, 0.1) is 0 Å². The Morgan fingerprint density at radius 3 is 2.17 bits per heavy atom. The molecule has 1 aliphatic rings. The van der Waals surface area contributed by atoms with Crippen LogP contribution in [0.3, 0.4) is 0 Å². The molecule has 6 heteroatoms. The van der Waals surface area contributed by atoms with Crippen LogP contribution < -0.4 is 0 Å². The van der Waals surface area contributed by atoms with Crippen LogP contribution in [0.25, 0.3) is 6.08 Å². The molecule has 0 aliphatic carbocycles. The molecule has 0 bridgehead atoms. The standard InChI is InChI=1S/C18H12ClNO4/c19-13-8-5-12(6-9-13)7-10-16(21)24-11-20-17(22)14-3-1-2-4-15(14)18(20)23/h1-10H,11H2. The molecule has 0 fully saturated rings. The lowest BCUT2D eigenvalue weighted by Crippen LogP contribution is -2.32. The van der Waals surface area contributed by atoms with Crippen LogP contribution in [0.1, 0.15) is 26.3 Å². The summed E-state index contributed by atoms with van der Waals surface area (Å²) < 4.78 is 4.98. The lowest BCUT2D eigenvalue weighted by atomic mass is 10.1. The topological polar surface area (TPSA) is 63.7 Å². The molecule has 0 atom stereocenters. The number of fused-ring (bicyclic) bond motifs is 1. The summed E-state index contributed by atoms with van der Waals surface area (Å²) in [6, 6.07) is 13.4. The molecule has 2 amide bonds. The lowest BCUT2D eigenvalue weighted by Gasteiger charge is -2.12. The normalized spacial score (nSPS) is 13.5. The lowest BCUT2D eigenvalue weighted by molar-refractivity contribution is -0.140. The van der Waals surface area contributed by atoms with E-state index in [4.69, 9.17) is 16.3 Å². The van der Waals surface area contributed by atoms with Crippen molar-refractivity contribution in [1.82, 2.24) is 4.90 Å². The van der Waals surface area contributed by atoms with Gasteiger partial charge in [-0.05, 0) is 35.9 Å². The average molecular weight is 342 g/mol. The van der Waals surface area contributed by atoms with Crippen molar-refractivity contribution in [1.29, 1.82) is 0 Å². The quantitative estimate of drug-likeness (QED) is 0.487. The fourth-order valence-electron chi connectivity index (χ4n) is 2.27. The molecular weight excluding hydrogens is 330 g/mol. The molecule has 2 aromatic carbocycles. The SMILES string of the molecule is O=C(C=Cc1ccc(Cl)cc1)OCN1C(=O)c2ccccc2C1=O. The molecule has 0 saturated carbocycles. The van der Waals surface area contributed by atoms with Crippen molar-refractivity contribution in [2.24, 2.45) is 0 Å². The number of carbonyl (C=O) groups is 3. The predicted molar refractivity (Wildman–Crippen MR) is 88.4 cm³/mol. The van der Waals surface area contributed by atoms with Gasteiger partial charge in [-0.25, -0.2) is 9.69 Å². The Kier molecular flexibility index (Phi) is 4.44. The minimum Gasteiger partial charge on any atom is -0.441 e. The van der Waals surface area contributed by atoms with Gasteiger partial charge in [0.05, 0.1) is 11.1 Å². The molecular formula is C18H12ClNO4. The van der Waals surface area contributed by atoms with Gasteiger partial charge in [0.25, 0.3) is 11.8 Å². The van der Waals surface area contributed by atoms with Crippen molar-refractivity contribution < 1.29 is 19.1 Å². The van der Waals surface area contributed by atoms with E-state index in [0.717, 1.165) is 10.5 Å². The van der Waals surface area contributed by atoms with Gasteiger partial charge in [0.15, 0.2) is 6.73 Å². The highest BCUT2D eigenvalue weighted by Gasteiger charge is 2.35. The molecule has 2 aromatic rings. The van der Waals surface area contributed by atoms with Crippen molar-refractivity contribution in [3.05, 3.63) is 76.3 Å². The van der Waals surface area contributed by atoms with E-state index in [0.29, 0.717) is 16.1 Å². The second-order valence-corrected chi connectivity index (χ2v) is 5.50. The smallest absolute Gasteiger partial charge is 0.332 e. The third-order valence-electron chi connectivity index (χ3n) is 3.50. The fraction of sp³-hybridized carbons (Fsp3) is 0.0556. The number of rotatable bonds is 4. The summed E-state index contributed by atoms with van der Waals surface area (Å²) in [5.74, 6) is -1.59. The van der Waals surface area contributed by atoms with Gasteiger partial charge in [-0.15, -0.1) is 0 Å². The van der Waals surface area contributed by atoms with Crippen molar-refractivity contribution in [2.45, 2.75) is 0 Å². The average Bonchev–Trinajstić information content (AvgIpc) is 2.84. The van der Waals surface area contributed by atoms with Crippen molar-refractivity contribution >= 4 is 35.5 Å². The summed E-state index contributed by atoms with van der Waals surface area (Å²) in [4.78, 5) is 36.9. The molecule has 0 aromatic heterocycles. The van der Waals surface area contributed by atoms with Crippen LogP contribution >= 0.6 is 11.6 Å².